The summed E-state index contributed by atoms with van der Waals surface area (Å²) in [4.78, 5) is 1.79. The highest BCUT2D eigenvalue weighted by molar-refractivity contribution is 7.89. The molecule has 0 unspecified atom stereocenters. The number of hydrogen-bond donors (Lipinski definition) is 1. The summed E-state index contributed by atoms with van der Waals surface area (Å²) in [6.07, 6.45) is 0.321. The number of hydrogen-bond acceptors (Lipinski definition) is 3. The zero-order valence-electron chi connectivity index (χ0n) is 9.29. The molecule has 0 fully saturated rings. The van der Waals surface area contributed by atoms with Crippen LogP contribution in [-0.4, -0.2) is 28.3 Å². The van der Waals surface area contributed by atoms with Crippen LogP contribution in [0.3, 0.4) is 0 Å². The Morgan fingerprint density at radius 1 is 1.33 bits per heavy atom. The third-order valence-electron chi connectivity index (χ3n) is 2.64. The van der Waals surface area contributed by atoms with Crippen molar-refractivity contribution in [3.05, 3.63) is 22.2 Å². The highest BCUT2D eigenvalue weighted by Crippen LogP contribution is 2.35. The van der Waals surface area contributed by atoms with E-state index in [1.165, 1.54) is 12.1 Å². The van der Waals surface area contributed by atoms with E-state index in [1.807, 2.05) is 0 Å². The summed E-state index contributed by atoms with van der Waals surface area (Å²) < 4.78 is 38.3. The van der Waals surface area contributed by atoms with Crippen molar-refractivity contribution in [3.63, 3.8) is 0 Å². The second-order valence-electron chi connectivity index (χ2n) is 3.85. The molecule has 1 aliphatic heterocycles. The largest absolute Gasteiger partial charge is 0.357 e. The zero-order chi connectivity index (χ0) is 13.3. The molecule has 0 aliphatic carbocycles. The predicted octanol–water partition coefficient (Wildman–Crippen LogP) is 2.41. The lowest BCUT2D eigenvalue weighted by atomic mass is 10.2. The zero-order valence-corrected chi connectivity index (χ0v) is 11.6. The first kappa shape index (κ1) is 13.9. The van der Waals surface area contributed by atoms with Crippen molar-refractivity contribution in [1.82, 2.24) is 4.72 Å². The predicted molar refractivity (Wildman–Crippen MR) is 69.6 cm³/mol. The van der Waals surface area contributed by atoms with Crippen molar-refractivity contribution in [2.24, 2.45) is 0 Å². The molecule has 0 atom stereocenters. The second kappa shape index (κ2) is 5.21. The fourth-order valence-corrected chi connectivity index (χ4v) is 3.36. The monoisotopic (exact) mass is 312 g/mol. The molecule has 1 aliphatic rings. The number of benzene rings is 1. The van der Waals surface area contributed by atoms with Gasteiger partial charge in [-0.2, -0.15) is 4.72 Å². The van der Waals surface area contributed by atoms with E-state index >= 15 is 0 Å². The minimum absolute atomic E-state index is 0.0713. The van der Waals surface area contributed by atoms with Gasteiger partial charge in [-0.3, -0.25) is 4.39 Å². The fourth-order valence-electron chi connectivity index (χ4n) is 1.76. The van der Waals surface area contributed by atoms with Gasteiger partial charge in [0.1, 0.15) is 4.90 Å². The van der Waals surface area contributed by atoms with Crippen molar-refractivity contribution in [2.75, 3.05) is 24.8 Å². The smallest absolute Gasteiger partial charge is 0.244 e. The van der Waals surface area contributed by atoms with Gasteiger partial charge in [-0.15, -0.1) is 0 Å². The van der Waals surface area contributed by atoms with Crippen LogP contribution < -0.4 is 9.62 Å². The molecule has 0 saturated carbocycles. The van der Waals surface area contributed by atoms with E-state index in [9.17, 15) is 12.8 Å². The van der Waals surface area contributed by atoms with E-state index in [0.29, 0.717) is 18.7 Å². The van der Waals surface area contributed by atoms with Crippen LogP contribution in [0.25, 0.3) is 0 Å². The van der Waals surface area contributed by atoms with Gasteiger partial charge in [0.25, 0.3) is 0 Å². The maximum Gasteiger partial charge on any atom is 0.244 e. The Bertz CT molecular complexity index is 565. The number of alkyl halides is 1. The molecule has 0 saturated heterocycles. The molecule has 0 bridgehead atoms. The highest BCUT2D eigenvalue weighted by Gasteiger charge is 2.28. The minimum Gasteiger partial charge on any atom is -0.357 e. The van der Waals surface area contributed by atoms with Crippen molar-refractivity contribution < 1.29 is 12.8 Å². The first-order chi connectivity index (χ1) is 8.45. The van der Waals surface area contributed by atoms with Crippen LogP contribution in [0.4, 0.5) is 10.1 Å². The van der Waals surface area contributed by atoms with E-state index in [4.69, 9.17) is 23.2 Å². The van der Waals surface area contributed by atoms with Crippen LogP contribution in [0, 0.1) is 0 Å². The molecule has 0 aromatic heterocycles. The van der Waals surface area contributed by atoms with Gasteiger partial charge in [0.2, 0.25) is 10.0 Å². The molecule has 4 nitrogen and oxygen atoms in total. The molecule has 18 heavy (non-hydrogen) atoms. The number of nitrogens with zero attached hydrogens (tertiary/aromatic N) is 1. The van der Waals surface area contributed by atoms with Gasteiger partial charge in [0, 0.05) is 6.54 Å². The minimum atomic E-state index is -3.57. The average molecular weight is 313 g/mol. The average Bonchev–Trinajstić information content (AvgIpc) is 2.31. The number of fused-ring (bicyclic) bond motifs is 1. The molecule has 1 heterocycles. The highest BCUT2D eigenvalue weighted by atomic mass is 35.5. The van der Waals surface area contributed by atoms with Gasteiger partial charge in [0.05, 0.1) is 29.1 Å². The number of rotatable bonds is 3. The SMILES string of the molecule is O=S1(=O)NCN(CCCF)c2cc(Cl)c(Cl)cc21. The van der Waals surface area contributed by atoms with E-state index in [1.54, 1.807) is 4.90 Å². The number of anilines is 1. The molecule has 0 amide bonds. The lowest BCUT2D eigenvalue weighted by molar-refractivity contribution is 0.468. The van der Waals surface area contributed by atoms with Crippen LogP contribution in [0.5, 0.6) is 0 Å². The third-order valence-corrected chi connectivity index (χ3v) is 4.78. The first-order valence-corrected chi connectivity index (χ1v) is 7.49. The summed E-state index contributed by atoms with van der Waals surface area (Å²) in [5.41, 5.74) is 0.455. The molecular formula is C10H11Cl2FN2O2S. The summed E-state index contributed by atoms with van der Waals surface area (Å²) in [7, 11) is -3.57. The number of sulfonamides is 1. The third kappa shape index (κ3) is 2.56. The van der Waals surface area contributed by atoms with E-state index in [-0.39, 0.29) is 21.6 Å². The van der Waals surface area contributed by atoms with Crippen LogP contribution >= 0.6 is 23.2 Å². The summed E-state index contributed by atoms with van der Waals surface area (Å²) in [6, 6.07) is 2.80. The van der Waals surface area contributed by atoms with Crippen molar-refractivity contribution in [1.29, 1.82) is 0 Å². The molecule has 1 aromatic rings. The molecule has 2 rings (SSSR count). The van der Waals surface area contributed by atoms with E-state index in [2.05, 4.69) is 4.72 Å². The van der Waals surface area contributed by atoms with Crippen molar-refractivity contribution in [3.8, 4) is 0 Å². The van der Waals surface area contributed by atoms with Gasteiger partial charge in [-0.1, -0.05) is 23.2 Å². The first-order valence-electron chi connectivity index (χ1n) is 5.25. The van der Waals surface area contributed by atoms with Gasteiger partial charge in [0.15, 0.2) is 0 Å². The Balaban J connectivity index is 2.49. The normalized spacial score (nSPS) is 17.6. The molecule has 1 N–H and O–H groups in total. The Morgan fingerprint density at radius 3 is 2.67 bits per heavy atom. The van der Waals surface area contributed by atoms with Crippen LogP contribution in [-0.2, 0) is 10.0 Å². The topological polar surface area (TPSA) is 49.4 Å². The van der Waals surface area contributed by atoms with Crippen LogP contribution in [0.15, 0.2) is 17.0 Å². The summed E-state index contributed by atoms with van der Waals surface area (Å²) in [6.45, 7) is 0.0528. The summed E-state index contributed by atoms with van der Waals surface area (Å²) in [5, 5.41) is 0.450. The van der Waals surface area contributed by atoms with Gasteiger partial charge in [-0.05, 0) is 18.6 Å². The molecular weight excluding hydrogens is 302 g/mol. The number of nitrogens with one attached hydrogen (secondary N) is 1. The Morgan fingerprint density at radius 2 is 2.00 bits per heavy atom. The summed E-state index contributed by atoms with van der Waals surface area (Å²) >= 11 is 11.7. The lowest BCUT2D eigenvalue weighted by Gasteiger charge is -2.31. The molecule has 100 valence electrons. The quantitative estimate of drug-likeness (QED) is 0.932. The van der Waals surface area contributed by atoms with E-state index in [0.717, 1.165) is 0 Å². The summed E-state index contributed by atoms with van der Waals surface area (Å²) in [5.74, 6) is 0. The van der Waals surface area contributed by atoms with Gasteiger partial charge >= 0.3 is 0 Å². The van der Waals surface area contributed by atoms with Crippen LogP contribution in [0.1, 0.15) is 6.42 Å². The van der Waals surface area contributed by atoms with E-state index < -0.39 is 16.7 Å². The fraction of sp³-hybridized carbons (Fsp3) is 0.400. The Labute approximate surface area is 115 Å². The second-order valence-corrected chi connectivity index (χ2v) is 6.40. The molecule has 0 spiro atoms. The van der Waals surface area contributed by atoms with Crippen LogP contribution in [0.2, 0.25) is 10.0 Å². The Kier molecular flexibility index (Phi) is 4.01. The molecule has 8 heteroatoms. The maximum absolute atomic E-state index is 12.2. The standard InChI is InChI=1S/C10H11Cl2FN2O2S/c11-7-4-9-10(5-8(7)12)18(16,17)14-6-15(9)3-1-2-13/h4-5,14H,1-3,6H2. The maximum atomic E-state index is 12.2. The number of halogens is 3. The van der Waals surface area contributed by atoms with Crippen molar-refractivity contribution >= 4 is 38.9 Å². The van der Waals surface area contributed by atoms with Gasteiger partial charge in [-0.25, -0.2) is 8.42 Å². The lowest BCUT2D eigenvalue weighted by Crippen LogP contribution is -2.43. The van der Waals surface area contributed by atoms with Gasteiger partial charge < -0.3 is 4.90 Å². The molecule has 1 aromatic carbocycles. The van der Waals surface area contributed by atoms with Crippen molar-refractivity contribution in [2.45, 2.75) is 11.3 Å². The Hall–Kier alpha value is -0.560. The molecule has 0 radical (unpaired) electrons.